The van der Waals surface area contributed by atoms with Gasteiger partial charge >= 0.3 is 0 Å². The minimum atomic E-state index is -0.0521. The summed E-state index contributed by atoms with van der Waals surface area (Å²) >= 11 is 0. The van der Waals surface area contributed by atoms with E-state index in [2.05, 4.69) is 29.2 Å². The standard InChI is InChI=1S/C9H7NO.C7H6/c11-9-6-5-7-3-1-2-4-8(7)10-9;1-2-4-7-5-6(7)3-1/h1-6H,(H,10,11);1-4H,5H2. The van der Waals surface area contributed by atoms with Gasteiger partial charge in [0.15, 0.2) is 0 Å². The molecule has 88 valence electrons. The molecule has 1 aromatic heterocycles. The molecule has 0 saturated carbocycles. The van der Waals surface area contributed by atoms with E-state index in [9.17, 15) is 4.79 Å². The zero-order valence-corrected chi connectivity index (χ0v) is 9.89. The van der Waals surface area contributed by atoms with Gasteiger partial charge in [0.1, 0.15) is 0 Å². The van der Waals surface area contributed by atoms with Gasteiger partial charge in [-0.3, -0.25) is 4.79 Å². The highest BCUT2D eigenvalue weighted by molar-refractivity contribution is 5.77. The molecule has 2 heteroatoms. The average molecular weight is 235 g/mol. The molecule has 0 radical (unpaired) electrons. The number of pyridine rings is 1. The van der Waals surface area contributed by atoms with Crippen molar-refractivity contribution >= 4 is 10.9 Å². The second-order valence-electron chi connectivity index (χ2n) is 4.36. The maximum atomic E-state index is 10.8. The van der Waals surface area contributed by atoms with Crippen LogP contribution in [0.2, 0.25) is 0 Å². The van der Waals surface area contributed by atoms with E-state index >= 15 is 0 Å². The number of H-pyrrole nitrogens is 1. The fourth-order valence-corrected chi connectivity index (χ4v) is 1.93. The third kappa shape index (κ3) is 2.33. The molecule has 0 saturated heterocycles. The number of aromatic nitrogens is 1. The zero-order chi connectivity index (χ0) is 12.4. The topological polar surface area (TPSA) is 32.9 Å². The quantitative estimate of drug-likeness (QED) is 0.499. The van der Waals surface area contributed by atoms with Crippen molar-refractivity contribution in [2.75, 3.05) is 0 Å². The number of hydrogen-bond acceptors (Lipinski definition) is 1. The molecule has 0 bridgehead atoms. The van der Waals surface area contributed by atoms with Crippen LogP contribution in [0.25, 0.3) is 10.9 Å². The molecule has 0 aliphatic heterocycles. The Hall–Kier alpha value is -2.35. The predicted molar refractivity (Wildman–Crippen MR) is 73.8 cm³/mol. The third-order valence-corrected chi connectivity index (χ3v) is 3.01. The largest absolute Gasteiger partial charge is 0.322 e. The first kappa shape index (κ1) is 10.8. The molecule has 0 atom stereocenters. The third-order valence-electron chi connectivity index (χ3n) is 3.01. The number of benzene rings is 2. The first-order valence-corrected chi connectivity index (χ1v) is 5.98. The van der Waals surface area contributed by atoms with Crippen LogP contribution in [0, 0.1) is 0 Å². The van der Waals surface area contributed by atoms with E-state index in [0.29, 0.717) is 0 Å². The molecule has 1 heterocycles. The molecule has 0 fully saturated rings. The fraction of sp³-hybridized carbons (Fsp3) is 0.0625. The van der Waals surface area contributed by atoms with Crippen molar-refractivity contribution in [1.82, 2.24) is 4.98 Å². The van der Waals surface area contributed by atoms with Crippen LogP contribution in [-0.2, 0) is 6.42 Å². The average Bonchev–Trinajstić information content (AvgIpc) is 3.18. The summed E-state index contributed by atoms with van der Waals surface area (Å²) in [6.45, 7) is 0. The highest BCUT2D eigenvalue weighted by Crippen LogP contribution is 2.25. The predicted octanol–water partition coefficient (Wildman–Crippen LogP) is 3.12. The summed E-state index contributed by atoms with van der Waals surface area (Å²) in [7, 11) is 0. The number of nitrogens with one attached hydrogen (secondary N) is 1. The van der Waals surface area contributed by atoms with Crippen LogP contribution in [-0.4, -0.2) is 4.98 Å². The molecule has 3 aromatic rings. The van der Waals surface area contributed by atoms with Gasteiger partial charge in [0.2, 0.25) is 5.56 Å². The lowest BCUT2D eigenvalue weighted by atomic mass is 10.2. The van der Waals surface area contributed by atoms with Gasteiger partial charge in [-0.25, -0.2) is 0 Å². The molecule has 1 aliphatic rings. The lowest BCUT2D eigenvalue weighted by molar-refractivity contribution is 1.31. The van der Waals surface area contributed by atoms with Crippen LogP contribution in [0.4, 0.5) is 0 Å². The van der Waals surface area contributed by atoms with Crippen molar-refractivity contribution in [3.8, 4) is 0 Å². The van der Waals surface area contributed by atoms with Crippen LogP contribution in [0.3, 0.4) is 0 Å². The van der Waals surface area contributed by atoms with Crippen LogP contribution >= 0.6 is 0 Å². The lowest BCUT2D eigenvalue weighted by Gasteiger charge is -1.93. The van der Waals surface area contributed by atoms with Crippen molar-refractivity contribution in [2.45, 2.75) is 6.42 Å². The number of para-hydroxylation sites is 1. The molecular weight excluding hydrogens is 222 g/mol. The molecule has 2 aromatic carbocycles. The molecular formula is C16H13NO. The summed E-state index contributed by atoms with van der Waals surface area (Å²) in [5, 5.41) is 1.06. The van der Waals surface area contributed by atoms with Gasteiger partial charge in [-0.05, 0) is 35.1 Å². The van der Waals surface area contributed by atoms with Crippen molar-refractivity contribution in [2.24, 2.45) is 0 Å². The van der Waals surface area contributed by atoms with E-state index in [1.54, 1.807) is 0 Å². The Bertz CT molecular complexity index is 722. The molecule has 1 aliphatic carbocycles. The molecule has 18 heavy (non-hydrogen) atoms. The van der Waals surface area contributed by atoms with Gasteiger partial charge in [0.25, 0.3) is 0 Å². The summed E-state index contributed by atoms with van der Waals surface area (Å²) < 4.78 is 0. The minimum Gasteiger partial charge on any atom is -0.322 e. The first-order chi connectivity index (χ1) is 8.83. The molecule has 4 rings (SSSR count). The van der Waals surface area contributed by atoms with Crippen molar-refractivity contribution in [3.05, 3.63) is 82.1 Å². The van der Waals surface area contributed by atoms with E-state index in [1.807, 2.05) is 30.3 Å². The number of rotatable bonds is 0. The Morgan fingerprint density at radius 2 is 1.44 bits per heavy atom. The Labute approximate surface area is 105 Å². The van der Waals surface area contributed by atoms with Crippen LogP contribution in [0.15, 0.2) is 65.5 Å². The monoisotopic (exact) mass is 235 g/mol. The van der Waals surface area contributed by atoms with Crippen molar-refractivity contribution in [3.63, 3.8) is 0 Å². The summed E-state index contributed by atoms with van der Waals surface area (Å²) in [6, 6.07) is 19.6. The number of aromatic amines is 1. The Morgan fingerprint density at radius 3 is 2.17 bits per heavy atom. The van der Waals surface area contributed by atoms with E-state index in [4.69, 9.17) is 0 Å². The van der Waals surface area contributed by atoms with Gasteiger partial charge in [0.05, 0.1) is 0 Å². The van der Waals surface area contributed by atoms with Gasteiger partial charge < -0.3 is 4.98 Å². The van der Waals surface area contributed by atoms with Crippen LogP contribution < -0.4 is 5.56 Å². The SMILES string of the molecule is O=c1ccc2ccccc2[nH]1.c1ccc2c(c1)C2. The van der Waals surface area contributed by atoms with Crippen molar-refractivity contribution in [1.29, 1.82) is 0 Å². The lowest BCUT2D eigenvalue weighted by Crippen LogP contribution is -2.01. The van der Waals surface area contributed by atoms with Gasteiger partial charge in [-0.1, -0.05) is 42.5 Å². The second kappa shape index (κ2) is 4.49. The second-order valence-corrected chi connectivity index (χ2v) is 4.36. The van der Waals surface area contributed by atoms with Crippen LogP contribution in [0.5, 0.6) is 0 Å². The highest BCUT2D eigenvalue weighted by Gasteiger charge is 2.12. The first-order valence-electron chi connectivity index (χ1n) is 5.98. The highest BCUT2D eigenvalue weighted by atomic mass is 16.1. The summed E-state index contributed by atoms with van der Waals surface area (Å²) in [5.74, 6) is 0. The molecule has 2 nitrogen and oxygen atoms in total. The Balaban J connectivity index is 0.000000122. The summed E-state index contributed by atoms with van der Waals surface area (Å²) in [5.41, 5.74) is 3.90. The normalized spacial score (nSPS) is 11.3. The van der Waals surface area contributed by atoms with E-state index in [-0.39, 0.29) is 5.56 Å². The molecule has 1 N–H and O–H groups in total. The Kier molecular flexibility index (Phi) is 2.69. The molecule has 0 spiro atoms. The number of fused-ring (bicyclic) bond motifs is 2. The summed E-state index contributed by atoms with van der Waals surface area (Å²) in [6.07, 6.45) is 1.24. The Morgan fingerprint density at radius 1 is 0.778 bits per heavy atom. The smallest absolute Gasteiger partial charge is 0.248 e. The fourth-order valence-electron chi connectivity index (χ4n) is 1.93. The van der Waals surface area contributed by atoms with E-state index in [1.165, 1.54) is 23.6 Å². The molecule has 0 amide bonds. The van der Waals surface area contributed by atoms with Gasteiger partial charge in [-0.2, -0.15) is 0 Å². The van der Waals surface area contributed by atoms with Gasteiger partial charge in [0, 0.05) is 11.6 Å². The number of hydrogen-bond donors (Lipinski definition) is 1. The van der Waals surface area contributed by atoms with Gasteiger partial charge in [-0.15, -0.1) is 0 Å². The maximum absolute atomic E-state index is 10.8. The zero-order valence-electron chi connectivity index (χ0n) is 9.89. The minimum absolute atomic E-state index is 0.0521. The molecule has 0 unspecified atom stereocenters. The van der Waals surface area contributed by atoms with Crippen molar-refractivity contribution < 1.29 is 0 Å². The van der Waals surface area contributed by atoms with E-state index < -0.39 is 0 Å². The maximum Gasteiger partial charge on any atom is 0.248 e. The summed E-state index contributed by atoms with van der Waals surface area (Å²) in [4.78, 5) is 13.6. The van der Waals surface area contributed by atoms with E-state index in [0.717, 1.165) is 10.9 Å². The van der Waals surface area contributed by atoms with Crippen LogP contribution in [0.1, 0.15) is 11.1 Å².